The molecule has 0 aromatic rings. The van der Waals surface area contributed by atoms with Crippen LogP contribution in [0.15, 0.2) is 15.6 Å². The van der Waals surface area contributed by atoms with Crippen LogP contribution in [0, 0.1) is 11.3 Å². The first-order valence-corrected chi connectivity index (χ1v) is 9.29. The number of aliphatic imine (C=N–C) groups is 1. The number of allylic oxidation sites excluding steroid dienone is 1. The smallest absolute Gasteiger partial charge is 0.121 e. The third-order valence-electron chi connectivity index (χ3n) is 2.78. The predicted octanol–water partition coefficient (Wildman–Crippen LogP) is 3.20. The van der Waals surface area contributed by atoms with Crippen LogP contribution >= 0.6 is 56.9 Å². The molecule has 2 heterocycles. The molecule has 0 bridgehead atoms. The highest BCUT2D eigenvalue weighted by atomic mass is 127. The number of hydrogen-bond acceptors (Lipinski definition) is 4. The summed E-state index contributed by atoms with van der Waals surface area (Å²) in [6.07, 6.45) is 4.37. The summed E-state index contributed by atoms with van der Waals surface area (Å²) in [7, 11) is 0. The highest BCUT2D eigenvalue weighted by molar-refractivity contribution is 14.1. The van der Waals surface area contributed by atoms with Crippen LogP contribution in [-0.4, -0.2) is 37.9 Å². The van der Waals surface area contributed by atoms with Crippen LogP contribution in [0.1, 0.15) is 12.8 Å². The Hall–Kier alpha value is 0.510. The first-order chi connectivity index (χ1) is 8.26. The van der Waals surface area contributed by atoms with Gasteiger partial charge in [-0.15, -0.1) is 11.8 Å². The van der Waals surface area contributed by atoms with E-state index < -0.39 is 0 Å². The van der Waals surface area contributed by atoms with Crippen molar-refractivity contribution in [3.05, 3.63) is 10.6 Å². The Bertz CT molecular complexity index is 389. The molecule has 0 radical (unpaired) electrons. The molecule has 2 aliphatic heterocycles. The van der Waals surface area contributed by atoms with Gasteiger partial charge in [0.2, 0.25) is 0 Å². The van der Waals surface area contributed by atoms with Crippen molar-refractivity contribution in [3.63, 3.8) is 0 Å². The van der Waals surface area contributed by atoms with E-state index in [9.17, 15) is 0 Å². The van der Waals surface area contributed by atoms with E-state index in [0.29, 0.717) is 10.1 Å². The van der Waals surface area contributed by atoms with E-state index in [1.807, 2.05) is 11.8 Å². The molecule has 2 atom stereocenters. The van der Waals surface area contributed by atoms with Crippen LogP contribution in [0.3, 0.4) is 0 Å². The number of fused-ring (bicyclic) bond motifs is 1. The van der Waals surface area contributed by atoms with Gasteiger partial charge in [-0.2, -0.15) is 5.26 Å². The summed E-state index contributed by atoms with van der Waals surface area (Å²) in [6, 6.07) is 2.27. The van der Waals surface area contributed by atoms with Gasteiger partial charge in [0.25, 0.3) is 0 Å². The molecule has 0 aliphatic carbocycles. The van der Waals surface area contributed by atoms with Crippen molar-refractivity contribution in [1.82, 2.24) is 4.90 Å². The van der Waals surface area contributed by atoms with Crippen molar-refractivity contribution in [2.45, 2.75) is 22.9 Å². The maximum atomic E-state index is 9.16. The Morgan fingerprint density at radius 2 is 2.53 bits per heavy atom. The second kappa shape index (κ2) is 6.61. The summed E-state index contributed by atoms with van der Waals surface area (Å²) in [4.78, 5) is 6.75. The number of hydrogen-bond donors (Lipinski definition) is 0. The van der Waals surface area contributed by atoms with Crippen molar-refractivity contribution in [2.75, 3.05) is 16.7 Å². The molecule has 17 heavy (non-hydrogen) atoms. The maximum Gasteiger partial charge on any atom is 0.121 e. The van der Waals surface area contributed by atoms with Gasteiger partial charge in [-0.05, 0) is 12.8 Å². The van der Waals surface area contributed by atoms with Crippen LogP contribution in [-0.2, 0) is 0 Å². The average molecular weight is 473 g/mol. The normalized spacial score (nSPS) is 24.8. The van der Waals surface area contributed by atoms with Crippen molar-refractivity contribution >= 4 is 63.2 Å². The highest BCUT2D eigenvalue weighted by Gasteiger charge is 2.30. The van der Waals surface area contributed by atoms with Crippen molar-refractivity contribution < 1.29 is 0 Å². The molecule has 1 fully saturated rings. The fourth-order valence-electron chi connectivity index (χ4n) is 1.96. The number of nitrogens with zero attached hydrogens (tertiary/aromatic N) is 3. The van der Waals surface area contributed by atoms with Crippen LogP contribution in [0.4, 0.5) is 0 Å². The van der Waals surface area contributed by atoms with Gasteiger partial charge in [0.1, 0.15) is 12.2 Å². The zero-order valence-corrected chi connectivity index (χ0v) is 14.4. The maximum absolute atomic E-state index is 9.16. The van der Waals surface area contributed by atoms with Crippen molar-refractivity contribution in [1.29, 1.82) is 5.26 Å². The van der Waals surface area contributed by atoms with Gasteiger partial charge in [-0.3, -0.25) is 4.99 Å². The summed E-state index contributed by atoms with van der Waals surface area (Å²) >= 11 is 6.70. The van der Waals surface area contributed by atoms with E-state index in [0.717, 1.165) is 33.7 Å². The zero-order chi connectivity index (χ0) is 12.3. The first kappa shape index (κ1) is 13.9. The lowest BCUT2D eigenvalue weighted by molar-refractivity contribution is 0.347. The molecule has 2 rings (SSSR count). The number of alkyl halides is 2. The SMILES string of the molecule is N#CC1=C(SC[C@@H](I)CI)N2CCC[C@@H]2N=C1. The highest BCUT2D eigenvalue weighted by Crippen LogP contribution is 2.35. The minimum atomic E-state index is 0.293. The molecular weight excluding hydrogens is 460 g/mol. The summed E-state index contributed by atoms with van der Waals surface area (Å²) in [5.41, 5.74) is 0.741. The molecule has 92 valence electrons. The molecule has 0 saturated carbocycles. The van der Waals surface area contributed by atoms with Crippen molar-refractivity contribution in [2.24, 2.45) is 4.99 Å². The molecule has 6 heteroatoms. The molecule has 0 amide bonds. The van der Waals surface area contributed by atoms with Crippen LogP contribution in [0.5, 0.6) is 0 Å². The lowest BCUT2D eigenvalue weighted by Crippen LogP contribution is -2.30. The Labute approximate surface area is 133 Å². The largest absolute Gasteiger partial charge is 0.343 e. The van der Waals surface area contributed by atoms with E-state index in [2.05, 4.69) is 61.1 Å². The first-order valence-electron chi connectivity index (χ1n) is 5.53. The summed E-state index contributed by atoms with van der Waals surface area (Å²) < 4.78 is 1.81. The molecule has 0 aromatic heterocycles. The van der Waals surface area contributed by atoms with Crippen LogP contribution in [0.2, 0.25) is 0 Å². The number of halogens is 2. The zero-order valence-electron chi connectivity index (χ0n) is 9.27. The fourth-order valence-corrected chi connectivity index (χ4v) is 4.33. The topological polar surface area (TPSA) is 39.4 Å². The van der Waals surface area contributed by atoms with E-state index in [-0.39, 0.29) is 0 Å². The van der Waals surface area contributed by atoms with Gasteiger partial charge >= 0.3 is 0 Å². The number of rotatable bonds is 4. The Morgan fingerprint density at radius 3 is 3.24 bits per heavy atom. The Morgan fingerprint density at radius 1 is 1.71 bits per heavy atom. The monoisotopic (exact) mass is 473 g/mol. The van der Waals surface area contributed by atoms with Gasteiger partial charge in [0.05, 0.1) is 10.6 Å². The van der Waals surface area contributed by atoms with Crippen LogP contribution in [0.25, 0.3) is 0 Å². The standard InChI is InChI=1S/C11H13I2N3S/c12-4-9(13)7-17-11-8(5-14)6-15-10-2-1-3-16(10)11/h6,9-10H,1-4,7H2/t9-,10+/m0/s1. The predicted molar refractivity (Wildman–Crippen MR) is 90.0 cm³/mol. The molecule has 0 aromatic carbocycles. The molecular formula is C11H13I2N3S. The molecule has 0 unspecified atom stereocenters. The fraction of sp³-hybridized carbons (Fsp3) is 0.636. The number of thioether (sulfide) groups is 1. The Balaban J connectivity index is 2.11. The molecule has 2 aliphatic rings. The van der Waals surface area contributed by atoms with Gasteiger partial charge in [-0.1, -0.05) is 45.2 Å². The second-order valence-corrected chi connectivity index (χ2v) is 7.64. The lowest BCUT2D eigenvalue weighted by Gasteiger charge is -2.29. The molecule has 1 saturated heterocycles. The summed E-state index contributed by atoms with van der Waals surface area (Å²) in [5.74, 6) is 1.07. The summed E-state index contributed by atoms with van der Waals surface area (Å²) in [5, 5.41) is 10.3. The van der Waals surface area contributed by atoms with Gasteiger partial charge in [-0.25, -0.2) is 0 Å². The number of nitriles is 1. The lowest BCUT2D eigenvalue weighted by atomic mass is 10.3. The third-order valence-corrected chi connectivity index (χ3v) is 8.30. The Kier molecular flexibility index (Phi) is 5.42. The average Bonchev–Trinajstić information content (AvgIpc) is 2.83. The third kappa shape index (κ3) is 3.29. The van der Waals surface area contributed by atoms with E-state index >= 15 is 0 Å². The minimum absolute atomic E-state index is 0.293. The van der Waals surface area contributed by atoms with Gasteiger partial charge < -0.3 is 4.90 Å². The summed E-state index contributed by atoms with van der Waals surface area (Å²) in [6.45, 7) is 1.05. The quantitative estimate of drug-likeness (QED) is 0.466. The van der Waals surface area contributed by atoms with Gasteiger partial charge in [0.15, 0.2) is 0 Å². The minimum Gasteiger partial charge on any atom is -0.343 e. The van der Waals surface area contributed by atoms with E-state index in [4.69, 9.17) is 5.26 Å². The van der Waals surface area contributed by atoms with E-state index in [1.165, 1.54) is 6.42 Å². The molecule has 3 nitrogen and oxygen atoms in total. The van der Waals surface area contributed by atoms with E-state index in [1.54, 1.807) is 6.21 Å². The van der Waals surface area contributed by atoms with Crippen LogP contribution < -0.4 is 0 Å². The molecule has 0 spiro atoms. The molecule has 0 N–H and O–H groups in total. The van der Waals surface area contributed by atoms with Crippen molar-refractivity contribution in [3.8, 4) is 6.07 Å². The van der Waals surface area contributed by atoms with Gasteiger partial charge in [0, 0.05) is 26.9 Å². The second-order valence-electron chi connectivity index (χ2n) is 3.99.